The van der Waals surface area contributed by atoms with Crippen LogP contribution in [-0.4, -0.2) is 43.5 Å². The quantitative estimate of drug-likeness (QED) is 0.644. The van der Waals surface area contributed by atoms with Crippen LogP contribution in [0.4, 0.5) is 0 Å². The number of nitrogens with zero attached hydrogens (tertiary/aromatic N) is 1. The minimum Gasteiger partial charge on any atom is -0.531 e. The van der Waals surface area contributed by atoms with Gasteiger partial charge in [-0.25, -0.2) is 0 Å². The standard InChI is InChI=1S/C19H28BNO3S/c1-12-4-6-14(7-5-12)17-11-21(3)9-8-15(17)16-10-18(24-20-23)25-19(16)13(2)22/h10,12,14,20,23H,4-9,11H2,1-3H3. The Balaban J connectivity index is 2.01. The number of carbonyl (C=O) groups is 1. The first-order chi connectivity index (χ1) is 12.0. The number of Topliss-reactive ketones (excluding diaryl/α,β-unsaturated/α-hetero) is 1. The van der Waals surface area contributed by atoms with Crippen LogP contribution in [-0.2, 0) is 0 Å². The van der Waals surface area contributed by atoms with Crippen LogP contribution in [0.15, 0.2) is 11.6 Å². The lowest BCUT2D eigenvalue weighted by Crippen LogP contribution is -2.31. The molecule has 1 aromatic heterocycles. The Kier molecular flexibility index (Phi) is 6.02. The molecule has 136 valence electrons. The summed E-state index contributed by atoms with van der Waals surface area (Å²) < 4.78 is 5.27. The predicted molar refractivity (Wildman–Crippen MR) is 104 cm³/mol. The third kappa shape index (κ3) is 4.18. The maximum atomic E-state index is 12.2. The molecule has 0 radical (unpaired) electrons. The monoisotopic (exact) mass is 361 g/mol. The largest absolute Gasteiger partial charge is 0.531 e. The summed E-state index contributed by atoms with van der Waals surface area (Å²) in [5, 5.41) is 9.70. The maximum absolute atomic E-state index is 12.2. The number of carbonyl (C=O) groups excluding carboxylic acids is 1. The Morgan fingerprint density at radius 1 is 1.36 bits per heavy atom. The minimum absolute atomic E-state index is 0.0795. The first-order valence-corrected chi connectivity index (χ1v) is 10.1. The van der Waals surface area contributed by atoms with Gasteiger partial charge in [0.15, 0.2) is 10.8 Å². The van der Waals surface area contributed by atoms with Crippen molar-refractivity contribution in [2.45, 2.75) is 46.0 Å². The van der Waals surface area contributed by atoms with E-state index >= 15 is 0 Å². The van der Waals surface area contributed by atoms with Crippen LogP contribution in [0, 0.1) is 11.8 Å². The van der Waals surface area contributed by atoms with E-state index in [4.69, 9.17) is 9.68 Å². The normalized spacial score (nSPS) is 25.1. The molecule has 1 aromatic rings. The van der Waals surface area contributed by atoms with Crippen molar-refractivity contribution in [2.24, 2.45) is 11.8 Å². The average molecular weight is 361 g/mol. The summed E-state index contributed by atoms with van der Waals surface area (Å²) >= 11 is 1.36. The molecule has 25 heavy (non-hydrogen) atoms. The zero-order valence-corrected chi connectivity index (χ0v) is 16.3. The van der Waals surface area contributed by atoms with Gasteiger partial charge in [-0.15, -0.1) is 0 Å². The van der Waals surface area contributed by atoms with Gasteiger partial charge in [-0.3, -0.25) is 4.79 Å². The van der Waals surface area contributed by atoms with Crippen LogP contribution in [0.5, 0.6) is 5.06 Å². The molecule has 0 unspecified atom stereocenters. The molecular formula is C19H28BNO3S. The predicted octanol–water partition coefficient (Wildman–Crippen LogP) is 3.50. The van der Waals surface area contributed by atoms with Crippen molar-refractivity contribution in [3.63, 3.8) is 0 Å². The van der Waals surface area contributed by atoms with E-state index in [-0.39, 0.29) is 13.5 Å². The molecule has 0 saturated heterocycles. The molecule has 1 fully saturated rings. The Morgan fingerprint density at radius 2 is 2.08 bits per heavy atom. The molecule has 1 aliphatic carbocycles. The van der Waals surface area contributed by atoms with E-state index in [1.807, 2.05) is 6.07 Å². The van der Waals surface area contributed by atoms with Gasteiger partial charge in [0.05, 0.1) is 4.88 Å². The van der Waals surface area contributed by atoms with E-state index in [1.54, 1.807) is 6.92 Å². The highest BCUT2D eigenvalue weighted by Crippen LogP contribution is 2.43. The Labute approximate surface area is 155 Å². The first kappa shape index (κ1) is 18.7. The van der Waals surface area contributed by atoms with E-state index in [0.29, 0.717) is 11.0 Å². The number of likely N-dealkylation sites (N-methyl/N-ethyl adjacent to an activating group) is 1. The van der Waals surface area contributed by atoms with Crippen LogP contribution in [0.25, 0.3) is 5.57 Å². The molecule has 2 aliphatic rings. The third-order valence-corrected chi connectivity index (χ3v) is 6.79. The zero-order valence-electron chi connectivity index (χ0n) is 15.5. The zero-order chi connectivity index (χ0) is 18.0. The molecule has 1 N–H and O–H groups in total. The molecule has 6 heteroatoms. The van der Waals surface area contributed by atoms with Crippen LogP contribution >= 0.6 is 11.3 Å². The van der Waals surface area contributed by atoms with Crippen LogP contribution in [0.1, 0.15) is 61.2 Å². The van der Waals surface area contributed by atoms with Crippen molar-refractivity contribution in [3.05, 3.63) is 22.1 Å². The fourth-order valence-corrected chi connectivity index (χ4v) is 5.13. The van der Waals surface area contributed by atoms with Crippen LogP contribution < -0.4 is 4.65 Å². The highest BCUT2D eigenvalue weighted by molar-refractivity contribution is 7.16. The summed E-state index contributed by atoms with van der Waals surface area (Å²) in [5.74, 6) is 1.55. The van der Waals surface area contributed by atoms with Gasteiger partial charge in [-0.2, -0.15) is 0 Å². The van der Waals surface area contributed by atoms with Gasteiger partial charge >= 0.3 is 7.69 Å². The third-order valence-electron chi connectivity index (χ3n) is 5.64. The average Bonchev–Trinajstić information content (AvgIpc) is 3.00. The summed E-state index contributed by atoms with van der Waals surface area (Å²) in [5.41, 5.74) is 3.92. The molecule has 4 nitrogen and oxygen atoms in total. The van der Waals surface area contributed by atoms with Crippen LogP contribution in [0.3, 0.4) is 0 Å². The molecular weight excluding hydrogens is 333 g/mol. The Bertz CT molecular complexity index is 662. The highest BCUT2D eigenvalue weighted by atomic mass is 32.1. The summed E-state index contributed by atoms with van der Waals surface area (Å²) in [6, 6.07) is 1.96. The van der Waals surface area contributed by atoms with E-state index in [0.717, 1.165) is 35.9 Å². The molecule has 0 spiro atoms. The summed E-state index contributed by atoms with van der Waals surface area (Å²) in [6.45, 7) is 5.99. The van der Waals surface area contributed by atoms with E-state index < -0.39 is 0 Å². The molecule has 2 heterocycles. The summed E-state index contributed by atoms with van der Waals surface area (Å²) in [7, 11) is 1.83. The summed E-state index contributed by atoms with van der Waals surface area (Å²) in [6.07, 6.45) is 6.09. The number of hydrogen-bond donors (Lipinski definition) is 1. The van der Waals surface area contributed by atoms with Crippen LogP contribution in [0.2, 0.25) is 0 Å². The molecule has 0 amide bonds. The second kappa shape index (κ2) is 8.06. The lowest BCUT2D eigenvalue weighted by Gasteiger charge is -2.35. The second-order valence-corrected chi connectivity index (χ2v) is 8.60. The minimum atomic E-state index is -0.355. The Morgan fingerprint density at radius 3 is 2.72 bits per heavy atom. The number of thiophene rings is 1. The fourth-order valence-electron chi connectivity index (χ4n) is 4.21. The molecule has 1 aliphatic heterocycles. The number of hydrogen-bond acceptors (Lipinski definition) is 5. The van der Waals surface area contributed by atoms with Crippen molar-refractivity contribution in [2.75, 3.05) is 20.1 Å². The first-order valence-electron chi connectivity index (χ1n) is 9.28. The van der Waals surface area contributed by atoms with Crippen molar-refractivity contribution in [1.82, 2.24) is 4.90 Å². The van der Waals surface area contributed by atoms with Gasteiger partial charge < -0.3 is 14.6 Å². The highest BCUT2D eigenvalue weighted by Gasteiger charge is 2.29. The van der Waals surface area contributed by atoms with Gasteiger partial charge in [-0.05, 0) is 62.3 Å². The smallest absolute Gasteiger partial charge is 0.504 e. The lowest BCUT2D eigenvalue weighted by atomic mass is 9.75. The van der Waals surface area contributed by atoms with Gasteiger partial charge in [-0.1, -0.05) is 31.1 Å². The van der Waals surface area contributed by atoms with Crippen molar-refractivity contribution in [3.8, 4) is 5.06 Å². The second-order valence-electron chi connectivity index (χ2n) is 7.59. The number of rotatable bonds is 5. The molecule has 0 aromatic carbocycles. The molecule has 1 saturated carbocycles. The van der Waals surface area contributed by atoms with E-state index in [9.17, 15) is 4.79 Å². The SMILES string of the molecule is CC(=O)c1sc(OBO)cc1C1=C(C2CCC(C)CC2)CN(C)CC1. The van der Waals surface area contributed by atoms with Gasteiger partial charge in [0.25, 0.3) is 0 Å². The van der Waals surface area contributed by atoms with Crippen molar-refractivity contribution >= 4 is 30.4 Å². The van der Waals surface area contributed by atoms with Gasteiger partial charge in [0.2, 0.25) is 0 Å². The van der Waals surface area contributed by atoms with Crippen molar-refractivity contribution in [1.29, 1.82) is 0 Å². The lowest BCUT2D eigenvalue weighted by molar-refractivity contribution is 0.102. The number of ketones is 1. The Hall–Kier alpha value is -1.11. The van der Waals surface area contributed by atoms with Gasteiger partial charge in [0.1, 0.15) is 0 Å². The van der Waals surface area contributed by atoms with Crippen molar-refractivity contribution < 1.29 is 14.5 Å². The molecule has 0 atom stereocenters. The van der Waals surface area contributed by atoms with E-state index in [2.05, 4.69) is 18.9 Å². The fraction of sp³-hybridized carbons (Fsp3) is 0.632. The molecule has 0 bridgehead atoms. The van der Waals surface area contributed by atoms with Gasteiger partial charge in [0, 0.05) is 18.7 Å². The molecule has 3 rings (SSSR count). The topological polar surface area (TPSA) is 49.8 Å². The summed E-state index contributed by atoms with van der Waals surface area (Å²) in [4.78, 5) is 15.3. The van der Waals surface area contributed by atoms with E-state index in [1.165, 1.54) is 48.2 Å². The maximum Gasteiger partial charge on any atom is 0.504 e.